The number of hydrogen-bond acceptors (Lipinski definition) is 6. The third-order valence-electron chi connectivity index (χ3n) is 11.0. The van der Waals surface area contributed by atoms with Crippen molar-refractivity contribution < 1.29 is 9.59 Å². The van der Waals surface area contributed by atoms with E-state index in [-0.39, 0.29) is 17.6 Å². The summed E-state index contributed by atoms with van der Waals surface area (Å²) < 4.78 is 0. The van der Waals surface area contributed by atoms with Crippen LogP contribution in [0.4, 0.5) is 5.69 Å². The molecule has 0 saturated carbocycles. The average molecular weight is 660 g/mol. The fraction of sp³-hybridized carbons (Fsp3) is 0.659. The fourth-order valence-corrected chi connectivity index (χ4v) is 7.57. The molecule has 2 aliphatic rings. The van der Waals surface area contributed by atoms with Crippen molar-refractivity contribution in [3.05, 3.63) is 65.2 Å². The van der Waals surface area contributed by atoms with Crippen LogP contribution in [0.2, 0.25) is 0 Å². The van der Waals surface area contributed by atoms with Gasteiger partial charge in [-0.15, -0.1) is 0 Å². The highest BCUT2D eigenvalue weighted by Gasteiger charge is 2.41. The predicted octanol–water partition coefficient (Wildman–Crippen LogP) is 7.06. The van der Waals surface area contributed by atoms with E-state index < -0.39 is 5.54 Å². The zero-order valence-electron chi connectivity index (χ0n) is 30.7. The summed E-state index contributed by atoms with van der Waals surface area (Å²) in [6.07, 6.45) is 14.4. The van der Waals surface area contributed by atoms with E-state index in [0.717, 1.165) is 88.4 Å². The van der Waals surface area contributed by atoms with E-state index in [4.69, 9.17) is 0 Å². The molecular formula is C41H65N5O2. The second-order valence-electron chi connectivity index (χ2n) is 14.3. The maximum absolute atomic E-state index is 14.6. The standard InChI is InChI=1S/C41H65N5O2/c1-5-7-8-9-10-11-12-13-14-15-28-44(4)41(6-2,39(47)37-20-22-38(23-21-37)45-29-24-42-25-30-45)33-35-16-18-36(19-17-35)34(3)40(48)46-31-26-43-27-32-46/h16-23,34,42-43H,5-15,24-33H2,1-4H3. The van der Waals surface area contributed by atoms with Gasteiger partial charge in [0.2, 0.25) is 5.91 Å². The Kier molecular flexibility index (Phi) is 15.9. The van der Waals surface area contributed by atoms with Crippen LogP contribution in [0.1, 0.15) is 119 Å². The van der Waals surface area contributed by atoms with Gasteiger partial charge in [-0.25, -0.2) is 0 Å². The Morgan fingerprint density at radius 1 is 0.750 bits per heavy atom. The van der Waals surface area contributed by atoms with Crippen LogP contribution in [0, 0.1) is 0 Å². The van der Waals surface area contributed by atoms with Crippen molar-refractivity contribution in [3.8, 4) is 0 Å². The van der Waals surface area contributed by atoms with Crippen LogP contribution >= 0.6 is 0 Å². The average Bonchev–Trinajstić information content (AvgIpc) is 3.14. The number of likely N-dealkylation sites (N-methyl/N-ethyl adjacent to an activating group) is 1. The van der Waals surface area contributed by atoms with Crippen molar-refractivity contribution in [1.29, 1.82) is 0 Å². The molecule has 2 N–H and O–H groups in total. The van der Waals surface area contributed by atoms with Gasteiger partial charge in [0.15, 0.2) is 5.78 Å². The van der Waals surface area contributed by atoms with E-state index in [9.17, 15) is 9.59 Å². The highest BCUT2D eigenvalue weighted by atomic mass is 16.2. The number of Topliss-reactive ketones (excluding diaryl/α,β-unsaturated/α-hetero) is 1. The van der Waals surface area contributed by atoms with Crippen molar-refractivity contribution >= 4 is 17.4 Å². The van der Waals surface area contributed by atoms with E-state index >= 15 is 0 Å². The minimum absolute atomic E-state index is 0.178. The lowest BCUT2D eigenvalue weighted by Gasteiger charge is -2.41. The van der Waals surface area contributed by atoms with Crippen LogP contribution in [-0.4, -0.2) is 93.0 Å². The molecule has 2 aromatic carbocycles. The molecule has 4 rings (SSSR count). The maximum atomic E-state index is 14.6. The number of carbonyl (C=O) groups excluding carboxylic acids is 2. The molecule has 1 amide bonds. The number of hydrogen-bond donors (Lipinski definition) is 2. The number of piperazine rings is 2. The number of rotatable bonds is 20. The van der Waals surface area contributed by atoms with Crippen LogP contribution in [0.25, 0.3) is 0 Å². The van der Waals surface area contributed by atoms with Gasteiger partial charge >= 0.3 is 0 Å². The first kappa shape index (κ1) is 38.1. The SMILES string of the molecule is CCCCCCCCCCCCN(C)C(CC)(Cc1ccc(C(C)C(=O)N2CCNCC2)cc1)C(=O)c1ccc(N2CCNCC2)cc1. The van der Waals surface area contributed by atoms with E-state index in [1.54, 1.807) is 0 Å². The van der Waals surface area contributed by atoms with Crippen LogP contribution < -0.4 is 15.5 Å². The summed E-state index contributed by atoms with van der Waals surface area (Å²) in [6, 6.07) is 16.9. The Bertz CT molecular complexity index is 1220. The first-order chi connectivity index (χ1) is 23.4. The molecule has 2 fully saturated rings. The largest absolute Gasteiger partial charge is 0.369 e. The molecule has 0 aliphatic carbocycles. The monoisotopic (exact) mass is 660 g/mol. The second kappa shape index (κ2) is 20.1. The Hall–Kier alpha value is -2.74. The maximum Gasteiger partial charge on any atom is 0.229 e. The van der Waals surface area contributed by atoms with Crippen molar-refractivity contribution in [3.63, 3.8) is 0 Å². The molecule has 266 valence electrons. The van der Waals surface area contributed by atoms with E-state index in [1.165, 1.54) is 63.5 Å². The summed E-state index contributed by atoms with van der Waals surface area (Å²) in [7, 11) is 2.16. The van der Waals surface area contributed by atoms with Gasteiger partial charge in [0.1, 0.15) is 0 Å². The van der Waals surface area contributed by atoms with Crippen molar-refractivity contribution in [2.75, 3.05) is 70.9 Å². The summed E-state index contributed by atoms with van der Waals surface area (Å²) >= 11 is 0. The quantitative estimate of drug-likeness (QED) is 0.117. The predicted molar refractivity (Wildman–Crippen MR) is 201 cm³/mol. The Balaban J connectivity index is 1.45. The molecule has 0 spiro atoms. The van der Waals surface area contributed by atoms with Gasteiger partial charge in [0.05, 0.1) is 11.5 Å². The molecule has 7 nitrogen and oxygen atoms in total. The molecule has 0 aromatic heterocycles. The molecule has 2 heterocycles. The zero-order chi connectivity index (χ0) is 34.2. The molecule has 2 unspecified atom stereocenters. The van der Waals surface area contributed by atoms with E-state index in [2.05, 4.69) is 77.7 Å². The normalized spacial score (nSPS) is 17.4. The molecule has 2 saturated heterocycles. The van der Waals surface area contributed by atoms with Crippen LogP contribution in [-0.2, 0) is 11.2 Å². The second-order valence-corrected chi connectivity index (χ2v) is 14.3. The highest BCUT2D eigenvalue weighted by molar-refractivity contribution is 6.03. The lowest BCUT2D eigenvalue weighted by atomic mass is 9.79. The summed E-state index contributed by atoms with van der Waals surface area (Å²) in [5.74, 6) is 0.225. The van der Waals surface area contributed by atoms with Gasteiger partial charge < -0.3 is 20.4 Å². The lowest BCUT2D eigenvalue weighted by Crippen LogP contribution is -2.54. The molecular weight excluding hydrogens is 594 g/mol. The van der Waals surface area contributed by atoms with Crippen molar-refractivity contribution in [2.45, 2.75) is 109 Å². The summed E-state index contributed by atoms with van der Waals surface area (Å²) in [5.41, 5.74) is 3.52. The molecule has 48 heavy (non-hydrogen) atoms. The van der Waals surface area contributed by atoms with Crippen molar-refractivity contribution in [1.82, 2.24) is 20.4 Å². The number of nitrogens with one attached hydrogen (secondary N) is 2. The highest BCUT2D eigenvalue weighted by Crippen LogP contribution is 2.31. The number of nitrogens with zero attached hydrogens (tertiary/aromatic N) is 3. The van der Waals surface area contributed by atoms with Crippen LogP contribution in [0.5, 0.6) is 0 Å². The fourth-order valence-electron chi connectivity index (χ4n) is 7.57. The molecule has 0 radical (unpaired) electrons. The van der Waals surface area contributed by atoms with Gasteiger partial charge in [-0.3, -0.25) is 14.5 Å². The number of ketones is 1. The molecule has 2 aromatic rings. The minimum atomic E-state index is -0.639. The molecule has 2 aliphatic heterocycles. The smallest absolute Gasteiger partial charge is 0.229 e. The third-order valence-corrected chi connectivity index (χ3v) is 11.0. The van der Waals surface area contributed by atoms with Gasteiger partial charge in [0, 0.05) is 63.6 Å². The molecule has 2 atom stereocenters. The Morgan fingerprint density at radius 3 is 1.85 bits per heavy atom. The Morgan fingerprint density at radius 2 is 1.29 bits per heavy atom. The van der Waals surface area contributed by atoms with Gasteiger partial charge in [-0.05, 0) is 75.2 Å². The summed E-state index contributed by atoms with van der Waals surface area (Å²) in [5, 5.41) is 6.76. The molecule has 0 bridgehead atoms. The van der Waals surface area contributed by atoms with Gasteiger partial charge in [-0.2, -0.15) is 0 Å². The zero-order valence-corrected chi connectivity index (χ0v) is 30.7. The topological polar surface area (TPSA) is 67.9 Å². The van der Waals surface area contributed by atoms with Gasteiger partial charge in [0.25, 0.3) is 0 Å². The van der Waals surface area contributed by atoms with Crippen LogP contribution in [0.15, 0.2) is 48.5 Å². The van der Waals surface area contributed by atoms with E-state index in [1.807, 2.05) is 24.0 Å². The van der Waals surface area contributed by atoms with Crippen LogP contribution in [0.3, 0.4) is 0 Å². The number of carbonyl (C=O) groups is 2. The number of unbranched alkanes of at least 4 members (excludes halogenated alkanes) is 9. The third kappa shape index (κ3) is 10.6. The van der Waals surface area contributed by atoms with Gasteiger partial charge in [-0.1, -0.05) is 95.9 Å². The Labute approximate surface area is 292 Å². The lowest BCUT2D eigenvalue weighted by molar-refractivity contribution is -0.133. The minimum Gasteiger partial charge on any atom is -0.369 e. The van der Waals surface area contributed by atoms with E-state index in [0.29, 0.717) is 6.42 Å². The molecule has 7 heteroatoms. The summed E-state index contributed by atoms with van der Waals surface area (Å²) in [6.45, 7) is 14.6. The first-order valence-corrected chi connectivity index (χ1v) is 19.3. The summed E-state index contributed by atoms with van der Waals surface area (Å²) in [4.78, 5) is 34.6. The number of benzene rings is 2. The van der Waals surface area contributed by atoms with Crippen molar-refractivity contribution in [2.24, 2.45) is 0 Å². The number of anilines is 1. The number of amides is 1. The first-order valence-electron chi connectivity index (χ1n) is 19.3.